The van der Waals surface area contributed by atoms with E-state index in [4.69, 9.17) is 20.9 Å². The van der Waals surface area contributed by atoms with Crippen LogP contribution >= 0.6 is 0 Å². The molecule has 0 saturated heterocycles. The molecule has 0 rings (SSSR count). The molecular formula is C12H22N2O5. The number of nitrogens with two attached hydrogens (primary N) is 2. The highest BCUT2D eigenvalue weighted by Gasteiger charge is 2.23. The smallest absolute Gasteiger partial charge is 0.405 e. The van der Waals surface area contributed by atoms with Gasteiger partial charge < -0.3 is 20.9 Å². The van der Waals surface area contributed by atoms with Crippen LogP contribution in [0.25, 0.3) is 0 Å². The van der Waals surface area contributed by atoms with E-state index in [1.54, 1.807) is 0 Å². The number of primary amides is 2. The van der Waals surface area contributed by atoms with Crippen LogP contribution in [0.5, 0.6) is 0 Å². The second kappa shape index (κ2) is 10.2. The largest absolute Gasteiger partial charge is 0.463 e. The molecule has 0 aliphatic heterocycles. The highest BCUT2D eigenvalue weighted by atomic mass is 16.6. The Morgan fingerprint density at radius 3 is 2.32 bits per heavy atom. The molecule has 2 amide bonds. The molecule has 0 heterocycles. The van der Waals surface area contributed by atoms with Gasteiger partial charge in [0, 0.05) is 6.42 Å². The van der Waals surface area contributed by atoms with Gasteiger partial charge in [0.25, 0.3) is 0 Å². The van der Waals surface area contributed by atoms with Crippen molar-refractivity contribution in [3.05, 3.63) is 0 Å². The van der Waals surface area contributed by atoms with Crippen molar-refractivity contribution in [2.24, 2.45) is 11.5 Å². The molecule has 1 atom stereocenters. The Labute approximate surface area is 112 Å². The average Bonchev–Trinajstić information content (AvgIpc) is 2.32. The number of hydrogen-bond acceptors (Lipinski definition) is 5. The second-order valence-corrected chi connectivity index (χ2v) is 4.16. The summed E-state index contributed by atoms with van der Waals surface area (Å²) in [6, 6.07) is 0. The SMILES string of the molecule is CCCCOC(=O)C(CCCCC(N)=O)OC(N)=O. The molecule has 0 radical (unpaired) electrons. The molecule has 1 unspecified atom stereocenters. The van der Waals surface area contributed by atoms with Crippen molar-refractivity contribution in [1.82, 2.24) is 0 Å². The molecule has 110 valence electrons. The third-order valence-corrected chi connectivity index (χ3v) is 2.40. The van der Waals surface area contributed by atoms with Gasteiger partial charge in [0.2, 0.25) is 12.0 Å². The fourth-order valence-corrected chi connectivity index (χ4v) is 1.40. The lowest BCUT2D eigenvalue weighted by atomic mass is 10.1. The molecule has 4 N–H and O–H groups in total. The van der Waals surface area contributed by atoms with Crippen molar-refractivity contribution in [3.63, 3.8) is 0 Å². The van der Waals surface area contributed by atoms with E-state index in [1.807, 2.05) is 6.92 Å². The topological polar surface area (TPSA) is 122 Å². The number of esters is 1. The first kappa shape index (κ1) is 17.2. The molecule has 0 fully saturated rings. The molecule has 0 aromatic carbocycles. The lowest BCUT2D eigenvalue weighted by molar-refractivity contribution is -0.154. The van der Waals surface area contributed by atoms with Crippen LogP contribution in [0.15, 0.2) is 0 Å². The Balaban J connectivity index is 4.09. The average molecular weight is 274 g/mol. The normalized spacial score (nSPS) is 11.6. The van der Waals surface area contributed by atoms with E-state index < -0.39 is 24.1 Å². The zero-order chi connectivity index (χ0) is 14.7. The van der Waals surface area contributed by atoms with Gasteiger partial charge in [0.05, 0.1) is 6.61 Å². The van der Waals surface area contributed by atoms with E-state index in [-0.39, 0.29) is 19.4 Å². The summed E-state index contributed by atoms with van der Waals surface area (Å²) in [7, 11) is 0. The van der Waals surface area contributed by atoms with E-state index in [2.05, 4.69) is 0 Å². The van der Waals surface area contributed by atoms with Crippen molar-refractivity contribution in [1.29, 1.82) is 0 Å². The van der Waals surface area contributed by atoms with Gasteiger partial charge >= 0.3 is 12.1 Å². The maximum Gasteiger partial charge on any atom is 0.405 e. The summed E-state index contributed by atoms with van der Waals surface area (Å²) in [6.07, 6.45) is 1.15. The minimum absolute atomic E-state index is 0.230. The summed E-state index contributed by atoms with van der Waals surface area (Å²) >= 11 is 0. The van der Waals surface area contributed by atoms with Gasteiger partial charge in [-0.05, 0) is 25.7 Å². The summed E-state index contributed by atoms with van der Waals surface area (Å²) in [4.78, 5) is 32.9. The number of ether oxygens (including phenoxy) is 2. The number of hydrogen-bond donors (Lipinski definition) is 2. The van der Waals surface area contributed by atoms with Crippen LogP contribution in [0.3, 0.4) is 0 Å². The molecule has 0 aromatic rings. The van der Waals surface area contributed by atoms with Gasteiger partial charge in [-0.3, -0.25) is 4.79 Å². The van der Waals surface area contributed by atoms with E-state index in [0.29, 0.717) is 12.8 Å². The highest BCUT2D eigenvalue weighted by molar-refractivity contribution is 5.78. The molecule has 0 saturated carbocycles. The van der Waals surface area contributed by atoms with E-state index in [9.17, 15) is 14.4 Å². The van der Waals surface area contributed by atoms with Gasteiger partial charge in [-0.15, -0.1) is 0 Å². The number of unbranched alkanes of at least 4 members (excludes halogenated alkanes) is 2. The predicted octanol–water partition coefficient (Wildman–Crippen LogP) is 0.839. The number of rotatable bonds is 10. The van der Waals surface area contributed by atoms with Gasteiger partial charge in [0.15, 0.2) is 0 Å². The van der Waals surface area contributed by atoms with Crippen LogP contribution in [-0.4, -0.2) is 30.7 Å². The third-order valence-electron chi connectivity index (χ3n) is 2.40. The molecule has 7 heteroatoms. The Hall–Kier alpha value is -1.79. The molecule has 7 nitrogen and oxygen atoms in total. The van der Waals surface area contributed by atoms with Crippen LogP contribution < -0.4 is 11.5 Å². The number of carbonyl (C=O) groups excluding carboxylic acids is 3. The van der Waals surface area contributed by atoms with Crippen LogP contribution in [0.1, 0.15) is 45.4 Å². The Morgan fingerprint density at radius 2 is 1.79 bits per heavy atom. The van der Waals surface area contributed by atoms with Crippen molar-refractivity contribution in [3.8, 4) is 0 Å². The Morgan fingerprint density at radius 1 is 1.11 bits per heavy atom. The zero-order valence-corrected chi connectivity index (χ0v) is 11.2. The van der Waals surface area contributed by atoms with Gasteiger partial charge in [-0.1, -0.05) is 13.3 Å². The van der Waals surface area contributed by atoms with Crippen molar-refractivity contribution in [2.45, 2.75) is 51.6 Å². The van der Waals surface area contributed by atoms with E-state index >= 15 is 0 Å². The lowest BCUT2D eigenvalue weighted by Gasteiger charge is -2.15. The molecule has 0 aromatic heterocycles. The minimum atomic E-state index is -1.02. The monoisotopic (exact) mass is 274 g/mol. The molecule has 0 spiro atoms. The summed E-state index contributed by atoms with van der Waals surface area (Å²) < 4.78 is 9.66. The minimum Gasteiger partial charge on any atom is -0.463 e. The van der Waals surface area contributed by atoms with Crippen molar-refractivity contribution in [2.75, 3.05) is 6.61 Å². The lowest BCUT2D eigenvalue weighted by Crippen LogP contribution is -2.31. The maximum atomic E-state index is 11.6. The first-order valence-corrected chi connectivity index (χ1v) is 6.38. The maximum absolute atomic E-state index is 11.6. The summed E-state index contributed by atoms with van der Waals surface area (Å²) in [5.41, 5.74) is 9.89. The highest BCUT2D eigenvalue weighted by Crippen LogP contribution is 2.09. The quantitative estimate of drug-likeness (QED) is 0.451. The number of carbonyl (C=O) groups is 3. The molecule has 19 heavy (non-hydrogen) atoms. The summed E-state index contributed by atoms with van der Waals surface area (Å²) in [6.45, 7) is 2.25. The van der Waals surface area contributed by atoms with Gasteiger partial charge in [-0.2, -0.15) is 0 Å². The van der Waals surface area contributed by atoms with Crippen LogP contribution in [0.2, 0.25) is 0 Å². The molecule has 0 aliphatic rings. The van der Waals surface area contributed by atoms with E-state index in [1.165, 1.54) is 0 Å². The van der Waals surface area contributed by atoms with Gasteiger partial charge in [-0.25, -0.2) is 9.59 Å². The first-order chi connectivity index (χ1) is 8.97. The van der Waals surface area contributed by atoms with Crippen LogP contribution in [0, 0.1) is 0 Å². The third kappa shape index (κ3) is 9.87. The standard InChI is InChI=1S/C12H22N2O5/c1-2-3-8-18-11(16)9(19-12(14)17)6-4-5-7-10(13)15/h9H,2-8H2,1H3,(H2,13,15)(H2,14,17). The Bertz CT molecular complexity index is 306. The fourth-order valence-electron chi connectivity index (χ4n) is 1.40. The fraction of sp³-hybridized carbons (Fsp3) is 0.750. The Kier molecular flexibility index (Phi) is 9.20. The van der Waals surface area contributed by atoms with Crippen molar-refractivity contribution >= 4 is 18.0 Å². The molecule has 0 bridgehead atoms. The van der Waals surface area contributed by atoms with Crippen molar-refractivity contribution < 1.29 is 23.9 Å². The summed E-state index contributed by atoms with van der Waals surface area (Å²) in [5, 5.41) is 0. The number of amides is 2. The van der Waals surface area contributed by atoms with Crippen LogP contribution in [0.4, 0.5) is 4.79 Å². The predicted molar refractivity (Wildman–Crippen MR) is 68.0 cm³/mol. The van der Waals surface area contributed by atoms with Gasteiger partial charge in [0.1, 0.15) is 0 Å². The first-order valence-electron chi connectivity index (χ1n) is 6.38. The second-order valence-electron chi connectivity index (χ2n) is 4.16. The summed E-state index contributed by atoms with van der Waals surface area (Å²) in [5.74, 6) is -1.01. The molecular weight excluding hydrogens is 252 g/mol. The van der Waals surface area contributed by atoms with E-state index in [0.717, 1.165) is 12.8 Å². The zero-order valence-electron chi connectivity index (χ0n) is 11.2. The molecule has 0 aliphatic carbocycles. The van der Waals surface area contributed by atoms with Crippen LogP contribution in [-0.2, 0) is 19.1 Å².